The Morgan fingerprint density at radius 2 is 2.06 bits per heavy atom. The minimum Gasteiger partial charge on any atom is -0.464 e. The first-order valence-corrected chi connectivity index (χ1v) is 6.06. The van der Waals surface area contributed by atoms with Crippen molar-refractivity contribution in [1.29, 1.82) is 0 Å². The maximum atomic E-state index is 11.7. The van der Waals surface area contributed by atoms with Crippen LogP contribution in [0.1, 0.15) is 33.6 Å². The number of carbonyl (C=O) groups excluding carboxylic acids is 2. The second-order valence-corrected chi connectivity index (χ2v) is 4.86. The Morgan fingerprint density at radius 3 is 2.56 bits per heavy atom. The monoisotopic (exact) mass is 257 g/mol. The molecular formula is C13H23NO4. The number of nitrogens with one attached hydrogen (secondary N) is 1. The largest absolute Gasteiger partial charge is 0.464 e. The van der Waals surface area contributed by atoms with Crippen LogP contribution >= 0.6 is 0 Å². The van der Waals surface area contributed by atoms with Crippen LogP contribution in [0.25, 0.3) is 0 Å². The predicted octanol–water partition coefficient (Wildman–Crippen LogP) is 1.02. The maximum Gasteiger partial charge on any atom is 0.331 e. The van der Waals surface area contributed by atoms with Gasteiger partial charge in [0.2, 0.25) is 5.91 Å². The highest BCUT2D eigenvalue weighted by Gasteiger charge is 2.30. The molecule has 0 heterocycles. The van der Waals surface area contributed by atoms with Crippen LogP contribution in [0.3, 0.4) is 0 Å². The lowest BCUT2D eigenvalue weighted by atomic mass is 10.0. The number of hydrogen-bond acceptors (Lipinski definition) is 4. The SMILES string of the molecule is C=CC(=O)NC(C)(C)C(=O)OCCC(C)CCO. The molecule has 0 radical (unpaired) electrons. The Morgan fingerprint density at radius 1 is 1.44 bits per heavy atom. The molecule has 0 spiro atoms. The molecule has 0 saturated carbocycles. The molecule has 1 amide bonds. The van der Waals surface area contributed by atoms with Crippen molar-refractivity contribution >= 4 is 11.9 Å². The average Bonchev–Trinajstić information content (AvgIpc) is 2.28. The summed E-state index contributed by atoms with van der Waals surface area (Å²) in [6.45, 7) is 8.88. The van der Waals surface area contributed by atoms with E-state index in [4.69, 9.17) is 9.84 Å². The molecule has 0 aliphatic heterocycles. The summed E-state index contributed by atoms with van der Waals surface area (Å²) in [6, 6.07) is 0. The van der Waals surface area contributed by atoms with Gasteiger partial charge in [0.05, 0.1) is 6.61 Å². The zero-order chi connectivity index (χ0) is 14.2. The molecule has 104 valence electrons. The Labute approximate surface area is 108 Å². The van der Waals surface area contributed by atoms with Gasteiger partial charge in [0.1, 0.15) is 5.54 Å². The molecule has 0 bridgehead atoms. The first-order chi connectivity index (χ1) is 8.33. The second-order valence-electron chi connectivity index (χ2n) is 4.86. The highest BCUT2D eigenvalue weighted by molar-refractivity contribution is 5.92. The Balaban J connectivity index is 4.07. The third-order valence-electron chi connectivity index (χ3n) is 2.60. The van der Waals surface area contributed by atoms with E-state index in [2.05, 4.69) is 11.9 Å². The molecule has 0 aromatic rings. The first-order valence-electron chi connectivity index (χ1n) is 6.06. The minimum atomic E-state index is -1.06. The Bertz CT molecular complexity index is 299. The van der Waals surface area contributed by atoms with Gasteiger partial charge in [0, 0.05) is 6.61 Å². The van der Waals surface area contributed by atoms with Gasteiger partial charge < -0.3 is 15.2 Å². The summed E-state index contributed by atoms with van der Waals surface area (Å²) in [4.78, 5) is 22.9. The van der Waals surface area contributed by atoms with E-state index < -0.39 is 17.4 Å². The van der Waals surface area contributed by atoms with Crippen molar-refractivity contribution in [2.75, 3.05) is 13.2 Å². The van der Waals surface area contributed by atoms with E-state index in [-0.39, 0.29) is 13.2 Å². The predicted molar refractivity (Wildman–Crippen MR) is 68.9 cm³/mol. The number of rotatable bonds is 8. The lowest BCUT2D eigenvalue weighted by molar-refractivity contribution is -0.152. The van der Waals surface area contributed by atoms with Crippen molar-refractivity contribution in [3.8, 4) is 0 Å². The summed E-state index contributed by atoms with van der Waals surface area (Å²) < 4.78 is 5.10. The van der Waals surface area contributed by atoms with Gasteiger partial charge in [-0.1, -0.05) is 13.5 Å². The van der Waals surface area contributed by atoms with E-state index in [0.717, 1.165) is 6.08 Å². The van der Waals surface area contributed by atoms with Crippen LogP contribution in [0.2, 0.25) is 0 Å². The summed E-state index contributed by atoms with van der Waals surface area (Å²) in [6.07, 6.45) is 2.49. The molecule has 0 rings (SSSR count). The van der Waals surface area contributed by atoms with Gasteiger partial charge in [-0.15, -0.1) is 0 Å². The molecule has 0 saturated heterocycles. The second kappa shape index (κ2) is 7.87. The molecule has 0 aromatic carbocycles. The number of aliphatic hydroxyl groups is 1. The lowest BCUT2D eigenvalue weighted by Gasteiger charge is -2.23. The van der Waals surface area contributed by atoms with Crippen LogP contribution in [0.5, 0.6) is 0 Å². The van der Waals surface area contributed by atoms with E-state index in [1.54, 1.807) is 13.8 Å². The van der Waals surface area contributed by atoms with Crippen LogP contribution in [0.15, 0.2) is 12.7 Å². The molecule has 0 aromatic heterocycles. The smallest absolute Gasteiger partial charge is 0.331 e. The van der Waals surface area contributed by atoms with Crippen molar-refractivity contribution in [2.24, 2.45) is 5.92 Å². The number of ether oxygens (including phenoxy) is 1. The van der Waals surface area contributed by atoms with Crippen molar-refractivity contribution in [3.05, 3.63) is 12.7 Å². The van der Waals surface area contributed by atoms with E-state index in [1.807, 2.05) is 6.92 Å². The summed E-state index contributed by atoms with van der Waals surface area (Å²) >= 11 is 0. The van der Waals surface area contributed by atoms with Crippen LogP contribution in [-0.4, -0.2) is 35.7 Å². The molecule has 0 aliphatic carbocycles. The molecule has 5 heteroatoms. The topological polar surface area (TPSA) is 75.6 Å². The van der Waals surface area contributed by atoms with E-state index >= 15 is 0 Å². The number of amides is 1. The van der Waals surface area contributed by atoms with E-state index in [1.165, 1.54) is 0 Å². The van der Waals surface area contributed by atoms with Crippen LogP contribution in [0.4, 0.5) is 0 Å². The number of esters is 1. The van der Waals surface area contributed by atoms with Crippen molar-refractivity contribution in [3.63, 3.8) is 0 Å². The molecule has 0 aliphatic rings. The van der Waals surface area contributed by atoms with Gasteiger partial charge in [-0.05, 0) is 38.7 Å². The maximum absolute atomic E-state index is 11.7. The van der Waals surface area contributed by atoms with E-state index in [0.29, 0.717) is 18.8 Å². The molecule has 0 fully saturated rings. The molecule has 1 unspecified atom stereocenters. The summed E-state index contributed by atoms with van der Waals surface area (Å²) in [5.41, 5.74) is -1.06. The minimum absolute atomic E-state index is 0.135. The summed E-state index contributed by atoms with van der Waals surface area (Å²) in [5, 5.41) is 11.2. The molecule has 5 nitrogen and oxygen atoms in total. The molecule has 1 atom stereocenters. The molecule has 18 heavy (non-hydrogen) atoms. The van der Waals surface area contributed by atoms with Gasteiger partial charge in [0.15, 0.2) is 0 Å². The van der Waals surface area contributed by atoms with Crippen molar-refractivity contribution in [2.45, 2.75) is 39.2 Å². The highest BCUT2D eigenvalue weighted by atomic mass is 16.5. The average molecular weight is 257 g/mol. The third kappa shape index (κ3) is 6.39. The van der Waals surface area contributed by atoms with Gasteiger partial charge in [0.25, 0.3) is 0 Å². The fraction of sp³-hybridized carbons (Fsp3) is 0.692. The Hall–Kier alpha value is -1.36. The number of carbonyl (C=O) groups is 2. The van der Waals surface area contributed by atoms with E-state index in [9.17, 15) is 9.59 Å². The quantitative estimate of drug-likeness (QED) is 0.503. The van der Waals surface area contributed by atoms with Crippen LogP contribution in [0, 0.1) is 5.92 Å². The van der Waals surface area contributed by atoms with Crippen LogP contribution < -0.4 is 5.32 Å². The normalized spacial score (nSPS) is 12.7. The van der Waals surface area contributed by atoms with Crippen LogP contribution in [-0.2, 0) is 14.3 Å². The molecule has 2 N–H and O–H groups in total. The van der Waals surface area contributed by atoms with Gasteiger partial charge >= 0.3 is 5.97 Å². The Kier molecular flexibility index (Phi) is 7.27. The number of aliphatic hydroxyl groups excluding tert-OH is 1. The number of hydrogen-bond donors (Lipinski definition) is 2. The first kappa shape index (κ1) is 16.6. The standard InChI is InChI=1S/C13H23NO4/c1-5-11(16)14-13(3,4)12(17)18-9-7-10(2)6-8-15/h5,10,15H,1,6-9H2,2-4H3,(H,14,16). The molecular weight excluding hydrogens is 234 g/mol. The summed E-state index contributed by atoms with van der Waals surface area (Å²) in [5.74, 6) is -0.590. The third-order valence-corrected chi connectivity index (χ3v) is 2.60. The lowest BCUT2D eigenvalue weighted by Crippen LogP contribution is -2.50. The van der Waals surface area contributed by atoms with Gasteiger partial charge in [-0.3, -0.25) is 4.79 Å². The fourth-order valence-electron chi connectivity index (χ4n) is 1.31. The van der Waals surface area contributed by atoms with Gasteiger partial charge in [-0.2, -0.15) is 0 Å². The zero-order valence-corrected chi connectivity index (χ0v) is 11.4. The zero-order valence-electron chi connectivity index (χ0n) is 11.4. The summed E-state index contributed by atoms with van der Waals surface area (Å²) in [7, 11) is 0. The van der Waals surface area contributed by atoms with Crippen molar-refractivity contribution < 1.29 is 19.4 Å². The van der Waals surface area contributed by atoms with Crippen molar-refractivity contribution in [1.82, 2.24) is 5.32 Å². The van der Waals surface area contributed by atoms with Gasteiger partial charge in [-0.25, -0.2) is 4.79 Å². The highest BCUT2D eigenvalue weighted by Crippen LogP contribution is 2.09. The fourth-order valence-corrected chi connectivity index (χ4v) is 1.31.